The Kier molecular flexibility index (Phi) is 3.09. The number of fused-ring (bicyclic) bond motifs is 1. The molecule has 0 spiro atoms. The van der Waals surface area contributed by atoms with Gasteiger partial charge in [-0.1, -0.05) is 6.07 Å². The molecule has 1 N–H and O–H groups in total. The second-order valence-electron chi connectivity index (χ2n) is 4.57. The quantitative estimate of drug-likeness (QED) is 0.730. The maximum absolute atomic E-state index is 9.04. The fourth-order valence-electron chi connectivity index (χ4n) is 2.33. The second-order valence-corrected chi connectivity index (χ2v) is 4.96. The molecule has 0 radical (unpaired) electrons. The van der Waals surface area contributed by atoms with Gasteiger partial charge in [0.05, 0.1) is 34.4 Å². The Labute approximate surface area is 121 Å². The Morgan fingerprint density at radius 3 is 2.90 bits per heavy atom. The molecule has 3 rings (SSSR count). The minimum atomic E-state index is 0.00592. The molecule has 0 aliphatic rings. The van der Waals surface area contributed by atoms with Gasteiger partial charge in [-0.3, -0.25) is 4.98 Å². The van der Waals surface area contributed by atoms with Gasteiger partial charge in [0, 0.05) is 6.20 Å². The molecule has 0 saturated heterocycles. The maximum atomic E-state index is 9.04. The lowest BCUT2D eigenvalue weighted by Crippen LogP contribution is -2.08. The molecule has 3 aromatic rings. The van der Waals surface area contributed by atoms with Gasteiger partial charge in [-0.25, -0.2) is 0 Å². The third kappa shape index (κ3) is 2.00. The Hall–Kier alpha value is -2.45. The van der Waals surface area contributed by atoms with E-state index >= 15 is 0 Å². The number of hydrogen-bond donors (Lipinski definition) is 1. The van der Waals surface area contributed by atoms with E-state index in [0.29, 0.717) is 10.3 Å². The average molecular weight is 280 g/mol. The summed E-state index contributed by atoms with van der Waals surface area (Å²) < 4.78 is 2.63. The Balaban J connectivity index is 2.23. The van der Waals surface area contributed by atoms with Crippen molar-refractivity contribution in [2.75, 3.05) is 0 Å². The second kappa shape index (κ2) is 4.91. The highest BCUT2D eigenvalue weighted by molar-refractivity contribution is 7.71. The smallest absolute Gasteiger partial charge is 0.178 e. The zero-order chi connectivity index (χ0) is 14.1. The summed E-state index contributed by atoms with van der Waals surface area (Å²) in [6, 6.07) is 13.5. The molecule has 20 heavy (non-hydrogen) atoms. The largest absolute Gasteiger partial charge is 0.331 e. The first kappa shape index (κ1) is 12.6. The topological polar surface area (TPSA) is 57.4 Å². The first-order chi connectivity index (χ1) is 9.70. The van der Waals surface area contributed by atoms with E-state index in [2.05, 4.69) is 16.0 Å². The standard InChI is InChI=1S/C15H12N4S/c1-10(12-4-2-3-7-17-12)19-14-8-11(9-16)5-6-13(14)18-15(19)20/h2-8,10H,1H3,(H,18,20). The van der Waals surface area contributed by atoms with Crippen molar-refractivity contribution < 1.29 is 0 Å². The minimum Gasteiger partial charge on any atom is -0.331 e. The molecule has 0 amide bonds. The van der Waals surface area contributed by atoms with Crippen LogP contribution in [0.3, 0.4) is 0 Å². The predicted molar refractivity (Wildman–Crippen MR) is 79.9 cm³/mol. The molecule has 98 valence electrons. The molecule has 0 saturated carbocycles. The van der Waals surface area contributed by atoms with E-state index in [1.54, 1.807) is 12.3 Å². The van der Waals surface area contributed by atoms with Gasteiger partial charge in [0.1, 0.15) is 0 Å². The summed E-state index contributed by atoms with van der Waals surface area (Å²) in [5.41, 5.74) is 3.41. The van der Waals surface area contributed by atoms with E-state index in [0.717, 1.165) is 16.7 Å². The lowest BCUT2D eigenvalue weighted by atomic mass is 10.2. The highest BCUT2D eigenvalue weighted by atomic mass is 32.1. The van der Waals surface area contributed by atoms with Gasteiger partial charge < -0.3 is 9.55 Å². The lowest BCUT2D eigenvalue weighted by Gasteiger charge is -2.14. The third-order valence-electron chi connectivity index (χ3n) is 3.35. The van der Waals surface area contributed by atoms with Crippen LogP contribution < -0.4 is 0 Å². The van der Waals surface area contributed by atoms with E-state index in [1.165, 1.54) is 0 Å². The van der Waals surface area contributed by atoms with Crippen LogP contribution in [0.5, 0.6) is 0 Å². The van der Waals surface area contributed by atoms with Crippen LogP contribution in [-0.4, -0.2) is 14.5 Å². The average Bonchev–Trinajstić information content (AvgIpc) is 2.82. The molecule has 1 aromatic carbocycles. The molecule has 0 aliphatic carbocycles. The van der Waals surface area contributed by atoms with Crippen LogP contribution in [0.4, 0.5) is 0 Å². The molecule has 1 unspecified atom stereocenters. The van der Waals surface area contributed by atoms with E-state index < -0.39 is 0 Å². The number of nitrogens with one attached hydrogen (secondary N) is 1. The number of aromatic nitrogens is 3. The van der Waals surface area contributed by atoms with Crippen LogP contribution in [0.2, 0.25) is 0 Å². The molecule has 4 nitrogen and oxygen atoms in total. The van der Waals surface area contributed by atoms with Crippen LogP contribution >= 0.6 is 12.2 Å². The van der Waals surface area contributed by atoms with Crippen molar-refractivity contribution in [2.45, 2.75) is 13.0 Å². The molecule has 2 heterocycles. The first-order valence-corrected chi connectivity index (χ1v) is 6.67. The van der Waals surface area contributed by atoms with Gasteiger partial charge in [-0.05, 0) is 49.5 Å². The number of rotatable bonds is 2. The lowest BCUT2D eigenvalue weighted by molar-refractivity contribution is 0.630. The number of hydrogen-bond acceptors (Lipinski definition) is 3. The SMILES string of the molecule is CC(c1ccccn1)n1c(=S)[nH]c2ccc(C#N)cc21. The van der Waals surface area contributed by atoms with Crippen LogP contribution in [-0.2, 0) is 0 Å². The number of nitrogens with zero attached hydrogens (tertiary/aromatic N) is 3. The van der Waals surface area contributed by atoms with Gasteiger partial charge in [-0.15, -0.1) is 0 Å². The zero-order valence-electron chi connectivity index (χ0n) is 10.9. The number of benzene rings is 1. The fraction of sp³-hybridized carbons (Fsp3) is 0.133. The van der Waals surface area contributed by atoms with Crippen molar-refractivity contribution in [3.05, 3.63) is 58.6 Å². The first-order valence-electron chi connectivity index (χ1n) is 6.26. The van der Waals surface area contributed by atoms with Crippen LogP contribution in [0, 0.1) is 16.1 Å². The van der Waals surface area contributed by atoms with Crippen LogP contribution in [0.25, 0.3) is 11.0 Å². The van der Waals surface area contributed by atoms with Crippen LogP contribution in [0.1, 0.15) is 24.2 Å². The number of H-pyrrole nitrogens is 1. The summed E-state index contributed by atoms with van der Waals surface area (Å²) in [7, 11) is 0. The predicted octanol–water partition coefficient (Wildman–Crippen LogP) is 3.57. The molecule has 0 aliphatic heterocycles. The molecule has 1 atom stereocenters. The van der Waals surface area contributed by atoms with Gasteiger partial charge in [0.25, 0.3) is 0 Å². The molecule has 0 fully saturated rings. The monoisotopic (exact) mass is 280 g/mol. The van der Waals surface area contributed by atoms with Crippen LogP contribution in [0.15, 0.2) is 42.6 Å². The van der Waals surface area contributed by atoms with E-state index in [9.17, 15) is 0 Å². The number of imidazole rings is 1. The summed E-state index contributed by atoms with van der Waals surface area (Å²) in [5, 5.41) is 9.04. The van der Waals surface area contributed by atoms with E-state index in [4.69, 9.17) is 17.5 Å². The van der Waals surface area contributed by atoms with E-state index in [-0.39, 0.29) is 6.04 Å². The van der Waals surface area contributed by atoms with Crippen molar-refractivity contribution in [1.82, 2.24) is 14.5 Å². The fourth-order valence-corrected chi connectivity index (χ4v) is 2.70. The summed E-state index contributed by atoms with van der Waals surface area (Å²) in [6.45, 7) is 2.05. The van der Waals surface area contributed by atoms with Crippen molar-refractivity contribution in [3.8, 4) is 6.07 Å². The Morgan fingerprint density at radius 1 is 1.35 bits per heavy atom. The Morgan fingerprint density at radius 2 is 2.20 bits per heavy atom. The molecule has 5 heteroatoms. The van der Waals surface area contributed by atoms with Crippen molar-refractivity contribution in [2.24, 2.45) is 0 Å². The summed E-state index contributed by atoms with van der Waals surface area (Å²) >= 11 is 5.41. The summed E-state index contributed by atoms with van der Waals surface area (Å²) in [6.07, 6.45) is 1.77. The number of nitriles is 1. The van der Waals surface area contributed by atoms with Crippen molar-refractivity contribution in [1.29, 1.82) is 5.26 Å². The highest BCUT2D eigenvalue weighted by Gasteiger charge is 2.14. The summed E-state index contributed by atoms with van der Waals surface area (Å²) in [4.78, 5) is 7.55. The van der Waals surface area contributed by atoms with Gasteiger partial charge in [0.15, 0.2) is 4.77 Å². The third-order valence-corrected chi connectivity index (χ3v) is 3.65. The van der Waals surface area contributed by atoms with Crippen molar-refractivity contribution in [3.63, 3.8) is 0 Å². The highest BCUT2D eigenvalue weighted by Crippen LogP contribution is 2.23. The molecular weight excluding hydrogens is 268 g/mol. The molecule has 0 bridgehead atoms. The molecule has 2 aromatic heterocycles. The van der Waals surface area contributed by atoms with Crippen molar-refractivity contribution >= 4 is 23.3 Å². The normalized spacial score (nSPS) is 12.2. The Bertz CT molecular complexity index is 855. The number of aromatic amines is 1. The van der Waals surface area contributed by atoms with Gasteiger partial charge in [0.2, 0.25) is 0 Å². The number of pyridine rings is 1. The van der Waals surface area contributed by atoms with Gasteiger partial charge >= 0.3 is 0 Å². The maximum Gasteiger partial charge on any atom is 0.178 e. The summed E-state index contributed by atoms with van der Waals surface area (Å²) in [5.74, 6) is 0. The van der Waals surface area contributed by atoms with E-state index in [1.807, 2.05) is 41.8 Å². The van der Waals surface area contributed by atoms with Gasteiger partial charge in [-0.2, -0.15) is 5.26 Å². The molecular formula is C15H12N4S. The zero-order valence-corrected chi connectivity index (χ0v) is 11.7. The minimum absolute atomic E-state index is 0.00592.